The van der Waals surface area contributed by atoms with Gasteiger partial charge in [0.15, 0.2) is 0 Å². The number of benzene rings is 1. The number of unbranched alkanes of at least 4 members (excludes halogenated alkanes) is 2. The number of amides is 1. The Labute approximate surface area is 104 Å². The SMILES string of the molecule is NC(=O)CCCCCc1ccccc1C(F)(F)F. The van der Waals surface area contributed by atoms with Crippen LogP contribution in [0.2, 0.25) is 0 Å². The van der Waals surface area contributed by atoms with Crippen molar-refractivity contribution in [2.24, 2.45) is 5.73 Å². The molecule has 5 heteroatoms. The summed E-state index contributed by atoms with van der Waals surface area (Å²) in [5.74, 6) is -0.370. The fourth-order valence-corrected chi connectivity index (χ4v) is 1.81. The highest BCUT2D eigenvalue weighted by Crippen LogP contribution is 2.32. The third-order valence-electron chi connectivity index (χ3n) is 2.69. The zero-order chi connectivity index (χ0) is 13.6. The average Bonchev–Trinajstić information content (AvgIpc) is 2.27. The van der Waals surface area contributed by atoms with Crippen LogP contribution < -0.4 is 5.73 Å². The normalized spacial score (nSPS) is 11.5. The third kappa shape index (κ3) is 4.77. The highest BCUT2D eigenvalue weighted by atomic mass is 19.4. The summed E-state index contributed by atoms with van der Waals surface area (Å²) in [6.07, 6.45) is -1.68. The first kappa shape index (κ1) is 14.5. The number of rotatable bonds is 6. The fourth-order valence-electron chi connectivity index (χ4n) is 1.81. The van der Waals surface area contributed by atoms with Crippen LogP contribution >= 0.6 is 0 Å². The fraction of sp³-hybridized carbons (Fsp3) is 0.462. The zero-order valence-corrected chi connectivity index (χ0v) is 9.96. The van der Waals surface area contributed by atoms with Crippen LogP contribution in [-0.4, -0.2) is 5.91 Å². The van der Waals surface area contributed by atoms with Crippen molar-refractivity contribution < 1.29 is 18.0 Å². The molecule has 0 saturated heterocycles. The molecular weight excluding hydrogens is 243 g/mol. The molecule has 0 unspecified atom stereocenters. The van der Waals surface area contributed by atoms with Crippen molar-refractivity contribution >= 4 is 5.91 Å². The second-order valence-corrected chi connectivity index (χ2v) is 4.18. The molecule has 1 amide bonds. The first-order valence-corrected chi connectivity index (χ1v) is 5.84. The maximum Gasteiger partial charge on any atom is 0.416 e. The summed E-state index contributed by atoms with van der Waals surface area (Å²) in [6, 6.07) is 5.59. The van der Waals surface area contributed by atoms with Crippen LogP contribution in [0.15, 0.2) is 24.3 Å². The van der Waals surface area contributed by atoms with Crippen LogP contribution in [-0.2, 0) is 17.4 Å². The molecule has 0 aromatic heterocycles. The molecule has 0 aliphatic rings. The van der Waals surface area contributed by atoms with E-state index in [4.69, 9.17) is 5.73 Å². The van der Waals surface area contributed by atoms with Gasteiger partial charge in [-0.25, -0.2) is 0 Å². The van der Waals surface area contributed by atoms with E-state index in [9.17, 15) is 18.0 Å². The second-order valence-electron chi connectivity index (χ2n) is 4.18. The molecule has 18 heavy (non-hydrogen) atoms. The van der Waals surface area contributed by atoms with Gasteiger partial charge >= 0.3 is 6.18 Å². The maximum atomic E-state index is 12.7. The largest absolute Gasteiger partial charge is 0.416 e. The van der Waals surface area contributed by atoms with Crippen LogP contribution in [0.4, 0.5) is 13.2 Å². The van der Waals surface area contributed by atoms with E-state index in [0.29, 0.717) is 37.7 Å². The van der Waals surface area contributed by atoms with Gasteiger partial charge in [-0.2, -0.15) is 13.2 Å². The van der Waals surface area contributed by atoms with Crippen LogP contribution in [0.5, 0.6) is 0 Å². The van der Waals surface area contributed by atoms with E-state index in [1.165, 1.54) is 12.1 Å². The number of hydrogen-bond donors (Lipinski definition) is 1. The predicted octanol–water partition coefficient (Wildman–Crippen LogP) is 3.29. The van der Waals surface area contributed by atoms with Gasteiger partial charge in [0.2, 0.25) is 5.91 Å². The van der Waals surface area contributed by atoms with Crippen molar-refractivity contribution in [2.75, 3.05) is 0 Å². The lowest BCUT2D eigenvalue weighted by molar-refractivity contribution is -0.138. The monoisotopic (exact) mass is 259 g/mol. The van der Waals surface area contributed by atoms with Gasteiger partial charge in [0, 0.05) is 6.42 Å². The van der Waals surface area contributed by atoms with Crippen LogP contribution in [0.1, 0.15) is 36.8 Å². The van der Waals surface area contributed by atoms with Crippen LogP contribution in [0.25, 0.3) is 0 Å². The van der Waals surface area contributed by atoms with Gasteiger partial charge in [0.25, 0.3) is 0 Å². The van der Waals surface area contributed by atoms with Gasteiger partial charge in [-0.3, -0.25) is 4.79 Å². The van der Waals surface area contributed by atoms with Crippen molar-refractivity contribution in [1.29, 1.82) is 0 Å². The first-order chi connectivity index (χ1) is 8.41. The number of halogens is 3. The Bertz CT molecular complexity index is 401. The second kappa shape index (κ2) is 6.42. The molecule has 1 aromatic carbocycles. The molecule has 0 radical (unpaired) electrons. The summed E-state index contributed by atoms with van der Waals surface area (Å²) in [6.45, 7) is 0. The Morgan fingerprint density at radius 2 is 1.78 bits per heavy atom. The van der Waals surface area contributed by atoms with Crippen molar-refractivity contribution in [3.8, 4) is 0 Å². The first-order valence-electron chi connectivity index (χ1n) is 5.84. The Morgan fingerprint density at radius 1 is 1.11 bits per heavy atom. The van der Waals surface area contributed by atoms with Crippen molar-refractivity contribution in [3.63, 3.8) is 0 Å². The number of aryl methyl sites for hydroxylation is 1. The minimum absolute atomic E-state index is 0.293. The van der Waals surface area contributed by atoms with Gasteiger partial charge in [-0.1, -0.05) is 24.6 Å². The number of hydrogen-bond acceptors (Lipinski definition) is 1. The average molecular weight is 259 g/mol. The molecule has 2 nitrogen and oxygen atoms in total. The Hall–Kier alpha value is -1.52. The predicted molar refractivity (Wildman–Crippen MR) is 62.8 cm³/mol. The molecule has 100 valence electrons. The van der Waals surface area contributed by atoms with E-state index in [2.05, 4.69) is 0 Å². The molecule has 0 aliphatic heterocycles. The molecule has 0 aliphatic carbocycles. The minimum atomic E-state index is -4.30. The molecular formula is C13H16F3NO. The molecule has 1 aromatic rings. The Balaban J connectivity index is 2.50. The summed E-state index contributed by atoms with van der Waals surface area (Å²) in [7, 11) is 0. The summed E-state index contributed by atoms with van der Waals surface area (Å²) in [4.78, 5) is 10.5. The summed E-state index contributed by atoms with van der Waals surface area (Å²) in [5, 5.41) is 0. The molecule has 0 bridgehead atoms. The van der Waals surface area contributed by atoms with Crippen molar-refractivity contribution in [3.05, 3.63) is 35.4 Å². The number of alkyl halides is 3. The highest BCUT2D eigenvalue weighted by molar-refractivity contribution is 5.73. The van der Waals surface area contributed by atoms with Crippen LogP contribution in [0.3, 0.4) is 0 Å². The van der Waals surface area contributed by atoms with E-state index in [-0.39, 0.29) is 5.91 Å². The van der Waals surface area contributed by atoms with E-state index in [1.54, 1.807) is 6.07 Å². The van der Waals surface area contributed by atoms with E-state index >= 15 is 0 Å². The molecule has 0 heterocycles. The van der Waals surface area contributed by atoms with Crippen molar-refractivity contribution in [1.82, 2.24) is 0 Å². The van der Waals surface area contributed by atoms with Gasteiger partial charge in [-0.15, -0.1) is 0 Å². The smallest absolute Gasteiger partial charge is 0.370 e. The maximum absolute atomic E-state index is 12.7. The standard InChI is InChI=1S/C13H16F3NO/c14-13(15,16)11-8-5-4-7-10(11)6-2-1-3-9-12(17)18/h4-5,7-8H,1-3,6,9H2,(H2,17,18). The van der Waals surface area contributed by atoms with Gasteiger partial charge in [0.05, 0.1) is 5.56 Å². The van der Waals surface area contributed by atoms with Crippen LogP contribution in [0, 0.1) is 0 Å². The lowest BCUT2D eigenvalue weighted by Gasteiger charge is -2.12. The van der Waals surface area contributed by atoms with E-state index in [0.717, 1.165) is 6.07 Å². The number of primary amides is 1. The molecule has 0 atom stereocenters. The zero-order valence-electron chi connectivity index (χ0n) is 9.96. The molecule has 0 spiro atoms. The van der Waals surface area contributed by atoms with Gasteiger partial charge < -0.3 is 5.73 Å². The van der Waals surface area contributed by atoms with E-state index in [1.807, 2.05) is 0 Å². The number of carbonyl (C=O) groups excluding carboxylic acids is 1. The summed E-state index contributed by atoms with van der Waals surface area (Å²) in [5.41, 5.74) is 4.72. The minimum Gasteiger partial charge on any atom is -0.370 e. The summed E-state index contributed by atoms with van der Waals surface area (Å²) < 4.78 is 38.0. The quantitative estimate of drug-likeness (QED) is 0.783. The van der Waals surface area contributed by atoms with Crippen molar-refractivity contribution in [2.45, 2.75) is 38.3 Å². The number of nitrogens with two attached hydrogens (primary N) is 1. The number of carbonyl (C=O) groups is 1. The van der Waals surface area contributed by atoms with Gasteiger partial charge in [-0.05, 0) is 30.9 Å². The topological polar surface area (TPSA) is 43.1 Å². The lowest BCUT2D eigenvalue weighted by Crippen LogP contribution is -2.10. The van der Waals surface area contributed by atoms with E-state index < -0.39 is 11.7 Å². The summed E-state index contributed by atoms with van der Waals surface area (Å²) >= 11 is 0. The van der Waals surface area contributed by atoms with Gasteiger partial charge in [0.1, 0.15) is 0 Å². The third-order valence-corrected chi connectivity index (χ3v) is 2.69. The molecule has 2 N–H and O–H groups in total. The lowest BCUT2D eigenvalue weighted by atomic mass is 10.0. The Kier molecular flexibility index (Phi) is 5.19. The highest BCUT2D eigenvalue weighted by Gasteiger charge is 2.32. The Morgan fingerprint density at radius 3 is 2.39 bits per heavy atom. The molecule has 0 saturated carbocycles. The molecule has 0 fully saturated rings. The molecule has 1 rings (SSSR count).